The maximum absolute atomic E-state index is 13.4. The SMILES string of the molecule is CCNC(=O)C(CC)N(Cc1ccc(F)cc1)C(=O)CN(C)S(=O)(=O)c1ccc2ccccc2c1. The first-order chi connectivity index (χ1) is 16.7. The van der Waals surface area contributed by atoms with Crippen LogP contribution >= 0.6 is 0 Å². The predicted molar refractivity (Wildman–Crippen MR) is 133 cm³/mol. The Labute approximate surface area is 205 Å². The van der Waals surface area contributed by atoms with Crippen LogP contribution in [0.25, 0.3) is 10.8 Å². The van der Waals surface area contributed by atoms with E-state index < -0.39 is 34.3 Å². The second-order valence-electron chi connectivity index (χ2n) is 8.24. The van der Waals surface area contributed by atoms with Gasteiger partial charge in [0.05, 0.1) is 11.4 Å². The Balaban J connectivity index is 1.87. The third kappa shape index (κ3) is 6.23. The number of carbonyl (C=O) groups excluding carboxylic acids is 2. The lowest BCUT2D eigenvalue weighted by Gasteiger charge is -2.31. The number of amides is 2. The molecule has 0 aliphatic heterocycles. The van der Waals surface area contributed by atoms with Crippen molar-refractivity contribution in [2.75, 3.05) is 20.1 Å². The van der Waals surface area contributed by atoms with Gasteiger partial charge in [-0.3, -0.25) is 9.59 Å². The molecule has 0 fully saturated rings. The third-order valence-corrected chi connectivity index (χ3v) is 7.59. The van der Waals surface area contributed by atoms with Gasteiger partial charge in [-0.15, -0.1) is 0 Å². The second kappa shape index (κ2) is 11.4. The molecule has 0 bridgehead atoms. The lowest BCUT2D eigenvalue weighted by atomic mass is 10.1. The molecule has 186 valence electrons. The van der Waals surface area contributed by atoms with Gasteiger partial charge in [0, 0.05) is 20.1 Å². The van der Waals surface area contributed by atoms with Crippen LogP contribution in [-0.4, -0.2) is 55.6 Å². The summed E-state index contributed by atoms with van der Waals surface area (Å²) >= 11 is 0. The molecule has 1 N–H and O–H groups in total. The summed E-state index contributed by atoms with van der Waals surface area (Å²) in [5, 5.41) is 4.41. The molecule has 0 aromatic heterocycles. The maximum atomic E-state index is 13.4. The molecule has 0 saturated heterocycles. The molecular weight excluding hydrogens is 469 g/mol. The maximum Gasteiger partial charge on any atom is 0.243 e. The first kappa shape index (κ1) is 26.3. The zero-order chi connectivity index (χ0) is 25.6. The molecule has 3 aromatic rings. The van der Waals surface area contributed by atoms with Crippen molar-refractivity contribution in [2.45, 2.75) is 37.8 Å². The van der Waals surface area contributed by atoms with E-state index in [0.29, 0.717) is 18.5 Å². The van der Waals surface area contributed by atoms with E-state index in [1.54, 1.807) is 26.0 Å². The van der Waals surface area contributed by atoms with Crippen LogP contribution < -0.4 is 5.32 Å². The van der Waals surface area contributed by atoms with Gasteiger partial charge < -0.3 is 10.2 Å². The van der Waals surface area contributed by atoms with Crippen LogP contribution in [0.2, 0.25) is 0 Å². The molecule has 0 radical (unpaired) electrons. The average molecular weight is 500 g/mol. The van der Waals surface area contributed by atoms with Crippen molar-refractivity contribution in [1.29, 1.82) is 0 Å². The summed E-state index contributed by atoms with van der Waals surface area (Å²) < 4.78 is 40.8. The van der Waals surface area contributed by atoms with Crippen molar-refractivity contribution in [2.24, 2.45) is 0 Å². The van der Waals surface area contributed by atoms with Gasteiger partial charge in [0.25, 0.3) is 0 Å². The molecule has 0 heterocycles. The lowest BCUT2D eigenvalue weighted by molar-refractivity contribution is -0.141. The van der Waals surface area contributed by atoms with Crippen LogP contribution in [0.4, 0.5) is 4.39 Å². The molecule has 9 heteroatoms. The van der Waals surface area contributed by atoms with Crippen molar-refractivity contribution >= 4 is 32.6 Å². The van der Waals surface area contributed by atoms with Crippen molar-refractivity contribution < 1.29 is 22.4 Å². The molecule has 7 nitrogen and oxygen atoms in total. The van der Waals surface area contributed by atoms with Crippen molar-refractivity contribution in [3.05, 3.63) is 78.1 Å². The van der Waals surface area contributed by atoms with E-state index in [9.17, 15) is 22.4 Å². The summed E-state index contributed by atoms with van der Waals surface area (Å²) in [7, 11) is -2.63. The minimum atomic E-state index is -3.96. The molecule has 3 aromatic carbocycles. The number of rotatable bonds is 10. The van der Waals surface area contributed by atoms with Crippen LogP contribution in [0.3, 0.4) is 0 Å². The summed E-state index contributed by atoms with van der Waals surface area (Å²) in [4.78, 5) is 27.5. The number of sulfonamides is 1. The van der Waals surface area contributed by atoms with Gasteiger partial charge in [-0.1, -0.05) is 49.4 Å². The van der Waals surface area contributed by atoms with Crippen LogP contribution in [0.5, 0.6) is 0 Å². The molecule has 2 amide bonds. The van der Waals surface area contributed by atoms with Gasteiger partial charge in [0.1, 0.15) is 11.9 Å². The monoisotopic (exact) mass is 499 g/mol. The lowest BCUT2D eigenvalue weighted by Crippen LogP contribution is -2.51. The number of fused-ring (bicyclic) bond motifs is 1. The van der Waals surface area contributed by atoms with Gasteiger partial charge in [0.2, 0.25) is 21.8 Å². The quantitative estimate of drug-likeness (QED) is 0.462. The molecule has 1 atom stereocenters. The third-order valence-electron chi connectivity index (χ3n) is 5.79. The van der Waals surface area contributed by atoms with Crippen LogP contribution in [0, 0.1) is 5.82 Å². The first-order valence-electron chi connectivity index (χ1n) is 11.4. The summed E-state index contributed by atoms with van der Waals surface area (Å²) in [5.74, 6) is -1.27. The average Bonchev–Trinajstić information content (AvgIpc) is 2.84. The van der Waals surface area contributed by atoms with Crippen LogP contribution in [-0.2, 0) is 26.2 Å². The van der Waals surface area contributed by atoms with E-state index in [-0.39, 0.29) is 17.3 Å². The molecule has 0 aliphatic rings. The van der Waals surface area contributed by atoms with Gasteiger partial charge in [-0.25, -0.2) is 12.8 Å². The fourth-order valence-corrected chi connectivity index (χ4v) is 5.03. The Kier molecular flexibility index (Phi) is 8.58. The van der Waals surface area contributed by atoms with Gasteiger partial charge in [0.15, 0.2) is 0 Å². The number of carbonyl (C=O) groups is 2. The van der Waals surface area contributed by atoms with E-state index in [2.05, 4.69) is 5.32 Å². The molecule has 0 spiro atoms. The molecule has 3 rings (SSSR count). The second-order valence-corrected chi connectivity index (χ2v) is 10.3. The standard InChI is InChI=1S/C26H30FN3O4S/c1-4-24(26(32)28-5-2)30(17-19-10-13-22(27)14-11-19)25(31)18-29(3)35(33,34)23-15-12-20-8-6-7-9-21(20)16-23/h6-16,24H,4-5,17-18H2,1-3H3,(H,28,32). The number of benzene rings is 3. The van der Waals surface area contributed by atoms with Crippen LogP contribution in [0.1, 0.15) is 25.8 Å². The topological polar surface area (TPSA) is 86.8 Å². The number of likely N-dealkylation sites (N-methyl/N-ethyl adjacent to an activating group) is 2. The van der Waals surface area contributed by atoms with E-state index in [0.717, 1.165) is 15.1 Å². The number of nitrogens with zero attached hydrogens (tertiary/aromatic N) is 2. The number of hydrogen-bond donors (Lipinski definition) is 1. The number of halogens is 1. The zero-order valence-electron chi connectivity index (χ0n) is 20.1. The minimum absolute atomic E-state index is 0.0403. The van der Waals surface area contributed by atoms with Crippen molar-refractivity contribution in [3.63, 3.8) is 0 Å². The van der Waals surface area contributed by atoms with Crippen molar-refractivity contribution in [3.8, 4) is 0 Å². The van der Waals surface area contributed by atoms with Gasteiger partial charge >= 0.3 is 0 Å². The van der Waals surface area contributed by atoms with Gasteiger partial charge in [-0.2, -0.15) is 4.31 Å². The highest BCUT2D eigenvalue weighted by atomic mass is 32.2. The summed E-state index contributed by atoms with van der Waals surface area (Å²) in [6.45, 7) is 3.54. The fraction of sp³-hybridized carbons (Fsp3) is 0.308. The van der Waals surface area contributed by atoms with Crippen molar-refractivity contribution in [1.82, 2.24) is 14.5 Å². The Morgan fingerprint density at radius 2 is 1.63 bits per heavy atom. The molecule has 0 saturated carbocycles. The Hall–Kier alpha value is -3.30. The number of hydrogen-bond acceptors (Lipinski definition) is 4. The van der Waals surface area contributed by atoms with Gasteiger partial charge in [-0.05, 0) is 53.9 Å². The Bertz CT molecular complexity index is 1300. The summed E-state index contributed by atoms with van der Waals surface area (Å²) in [6, 6.07) is 17.0. The normalized spacial score (nSPS) is 12.5. The predicted octanol–water partition coefficient (Wildman–Crippen LogP) is 3.54. The number of nitrogens with one attached hydrogen (secondary N) is 1. The molecule has 35 heavy (non-hydrogen) atoms. The summed E-state index contributed by atoms with van der Waals surface area (Å²) in [6.07, 6.45) is 0.333. The highest BCUT2D eigenvalue weighted by Crippen LogP contribution is 2.22. The van der Waals surface area contributed by atoms with E-state index in [4.69, 9.17) is 0 Å². The fourth-order valence-electron chi connectivity index (χ4n) is 3.87. The van der Waals surface area contributed by atoms with E-state index in [1.165, 1.54) is 42.3 Å². The Morgan fingerprint density at radius 3 is 2.26 bits per heavy atom. The highest BCUT2D eigenvalue weighted by molar-refractivity contribution is 7.89. The smallest absolute Gasteiger partial charge is 0.243 e. The molecule has 1 unspecified atom stereocenters. The van der Waals surface area contributed by atoms with Crippen LogP contribution in [0.15, 0.2) is 71.6 Å². The zero-order valence-corrected chi connectivity index (χ0v) is 20.9. The molecular formula is C26H30FN3O4S. The Morgan fingerprint density at radius 1 is 0.971 bits per heavy atom. The molecule has 0 aliphatic carbocycles. The summed E-state index contributed by atoms with van der Waals surface area (Å²) in [5.41, 5.74) is 0.627. The minimum Gasteiger partial charge on any atom is -0.355 e. The van der Waals surface area contributed by atoms with E-state index in [1.807, 2.05) is 24.3 Å². The first-order valence-corrected chi connectivity index (χ1v) is 12.9. The highest BCUT2D eigenvalue weighted by Gasteiger charge is 2.31. The van der Waals surface area contributed by atoms with E-state index >= 15 is 0 Å². The largest absolute Gasteiger partial charge is 0.355 e.